The van der Waals surface area contributed by atoms with Crippen molar-refractivity contribution in [3.8, 4) is 22.6 Å². The molecule has 0 bridgehead atoms. The van der Waals surface area contributed by atoms with Gasteiger partial charge in [0.25, 0.3) is 5.91 Å². The van der Waals surface area contributed by atoms with E-state index in [0.29, 0.717) is 46.2 Å². The van der Waals surface area contributed by atoms with Gasteiger partial charge in [0.15, 0.2) is 0 Å². The number of hydrogen-bond donors (Lipinski definition) is 1. The third-order valence-corrected chi connectivity index (χ3v) is 7.56. The zero-order valence-corrected chi connectivity index (χ0v) is 22.5. The van der Waals surface area contributed by atoms with Gasteiger partial charge in [-0.2, -0.15) is 13.2 Å². The normalized spacial score (nSPS) is 14.4. The molecule has 5 rings (SSSR count). The molecule has 1 unspecified atom stereocenters. The van der Waals surface area contributed by atoms with Crippen molar-refractivity contribution in [2.24, 2.45) is 5.92 Å². The van der Waals surface area contributed by atoms with E-state index in [9.17, 15) is 18.0 Å². The van der Waals surface area contributed by atoms with Crippen LogP contribution in [-0.2, 0) is 12.7 Å². The molecule has 1 aliphatic heterocycles. The van der Waals surface area contributed by atoms with E-state index in [4.69, 9.17) is 9.47 Å². The molecule has 0 aliphatic carbocycles. The summed E-state index contributed by atoms with van der Waals surface area (Å²) in [6.45, 7) is 4.05. The SMILES string of the molecule is COc1ccc(CN(C(=O)c2cnc3c(-c4ccc(C(F)(F)F)cc4)cccc3c2)C(C)C2CNC2)c(OC)c1. The molecule has 0 spiro atoms. The fraction of sp³-hybridized carbons (Fsp3) is 0.290. The number of alkyl halides is 3. The molecular formula is C31H30F3N3O3. The molecule has 1 aromatic heterocycles. The third-order valence-electron chi connectivity index (χ3n) is 7.56. The van der Waals surface area contributed by atoms with Crippen molar-refractivity contribution in [3.05, 3.63) is 89.6 Å². The molecule has 2 heterocycles. The van der Waals surface area contributed by atoms with Gasteiger partial charge in [0.2, 0.25) is 0 Å². The number of pyridine rings is 1. The van der Waals surface area contributed by atoms with Crippen LogP contribution in [0.3, 0.4) is 0 Å². The highest BCUT2D eigenvalue weighted by Gasteiger charge is 2.33. The summed E-state index contributed by atoms with van der Waals surface area (Å²) >= 11 is 0. The minimum Gasteiger partial charge on any atom is -0.497 e. The average molecular weight is 550 g/mol. The maximum absolute atomic E-state index is 14.0. The standard InChI is InChI=1S/C31H30F3N3O3/c1-19(24-15-35-16-24)37(18-22-9-12-26(39-2)14-28(22)40-3)30(38)23-13-21-5-4-6-27(29(21)36-17-23)20-7-10-25(11-8-20)31(32,33)34/h4-14,17,19,24,35H,15-16,18H2,1-3H3. The fourth-order valence-electron chi connectivity index (χ4n) is 4.99. The number of carbonyl (C=O) groups is 1. The van der Waals surface area contributed by atoms with E-state index in [-0.39, 0.29) is 11.9 Å². The van der Waals surface area contributed by atoms with Gasteiger partial charge < -0.3 is 19.7 Å². The first-order valence-electron chi connectivity index (χ1n) is 13.0. The zero-order chi connectivity index (χ0) is 28.4. The molecule has 4 aromatic rings. The van der Waals surface area contributed by atoms with Crippen LogP contribution < -0.4 is 14.8 Å². The molecule has 0 radical (unpaired) electrons. The number of nitrogens with zero attached hydrogens (tertiary/aromatic N) is 2. The summed E-state index contributed by atoms with van der Waals surface area (Å²) in [5.41, 5.74) is 2.50. The number of amides is 1. The van der Waals surface area contributed by atoms with Crippen molar-refractivity contribution in [3.63, 3.8) is 0 Å². The summed E-state index contributed by atoms with van der Waals surface area (Å²) in [6.07, 6.45) is -2.86. The maximum atomic E-state index is 14.0. The summed E-state index contributed by atoms with van der Waals surface area (Å²) in [5.74, 6) is 1.45. The lowest BCUT2D eigenvalue weighted by molar-refractivity contribution is -0.137. The number of rotatable bonds is 8. The van der Waals surface area contributed by atoms with Crippen molar-refractivity contribution in [1.29, 1.82) is 0 Å². The molecule has 1 amide bonds. The Morgan fingerprint density at radius 2 is 1.80 bits per heavy atom. The Labute approximate surface area is 230 Å². The van der Waals surface area contributed by atoms with E-state index in [2.05, 4.69) is 17.2 Å². The predicted octanol–water partition coefficient (Wildman–Crippen LogP) is 6.19. The first-order valence-corrected chi connectivity index (χ1v) is 13.0. The summed E-state index contributed by atoms with van der Waals surface area (Å²) in [6, 6.07) is 17.8. The summed E-state index contributed by atoms with van der Waals surface area (Å²) in [4.78, 5) is 20.4. The number of ether oxygens (including phenoxy) is 2. The Morgan fingerprint density at radius 3 is 2.42 bits per heavy atom. The molecule has 9 heteroatoms. The fourth-order valence-corrected chi connectivity index (χ4v) is 4.99. The van der Waals surface area contributed by atoms with Gasteiger partial charge in [-0.25, -0.2) is 0 Å². The second-order valence-electron chi connectivity index (χ2n) is 9.95. The third kappa shape index (κ3) is 5.47. The van der Waals surface area contributed by atoms with Crippen molar-refractivity contribution < 1.29 is 27.4 Å². The lowest BCUT2D eigenvalue weighted by Crippen LogP contribution is -2.54. The lowest BCUT2D eigenvalue weighted by Gasteiger charge is -2.40. The van der Waals surface area contributed by atoms with E-state index in [0.717, 1.165) is 36.2 Å². The maximum Gasteiger partial charge on any atom is 0.416 e. The number of aromatic nitrogens is 1. The van der Waals surface area contributed by atoms with Gasteiger partial charge in [-0.05, 0) is 42.8 Å². The Morgan fingerprint density at radius 1 is 1.05 bits per heavy atom. The van der Waals surface area contributed by atoms with Crippen molar-refractivity contribution in [1.82, 2.24) is 15.2 Å². The summed E-state index contributed by atoms with van der Waals surface area (Å²) in [7, 11) is 3.18. The smallest absolute Gasteiger partial charge is 0.416 e. The Kier molecular flexibility index (Phi) is 7.67. The number of hydrogen-bond acceptors (Lipinski definition) is 5. The molecule has 3 aromatic carbocycles. The van der Waals surface area contributed by atoms with Gasteiger partial charge in [0, 0.05) is 60.4 Å². The molecule has 1 aliphatic rings. The minimum atomic E-state index is -4.40. The van der Waals surface area contributed by atoms with Gasteiger partial charge >= 0.3 is 6.18 Å². The number of fused-ring (bicyclic) bond motifs is 1. The second kappa shape index (κ2) is 11.2. The highest BCUT2D eigenvalue weighted by atomic mass is 19.4. The second-order valence-corrected chi connectivity index (χ2v) is 9.95. The van der Waals surface area contributed by atoms with Crippen molar-refractivity contribution >= 4 is 16.8 Å². The Balaban J connectivity index is 1.48. The average Bonchev–Trinajstić information content (AvgIpc) is 2.93. The Bertz CT molecular complexity index is 1520. The topological polar surface area (TPSA) is 63.7 Å². The van der Waals surface area contributed by atoms with Crippen LogP contribution in [0, 0.1) is 5.92 Å². The van der Waals surface area contributed by atoms with Crippen LogP contribution in [-0.4, -0.2) is 49.1 Å². The zero-order valence-electron chi connectivity index (χ0n) is 22.5. The van der Waals surface area contributed by atoms with Crippen LogP contribution in [0.15, 0.2) is 72.9 Å². The minimum absolute atomic E-state index is 0.0465. The van der Waals surface area contributed by atoms with E-state index >= 15 is 0 Å². The van der Waals surface area contributed by atoms with Crippen LogP contribution >= 0.6 is 0 Å². The van der Waals surface area contributed by atoms with Crippen LogP contribution in [0.1, 0.15) is 28.4 Å². The van der Waals surface area contributed by atoms with Crippen LogP contribution in [0.2, 0.25) is 0 Å². The Hall–Kier alpha value is -4.11. The molecule has 1 N–H and O–H groups in total. The molecule has 0 saturated carbocycles. The highest BCUT2D eigenvalue weighted by Crippen LogP contribution is 2.34. The van der Waals surface area contributed by atoms with E-state index in [1.54, 1.807) is 32.5 Å². The molecule has 1 saturated heterocycles. The van der Waals surface area contributed by atoms with Crippen LogP contribution in [0.5, 0.6) is 11.5 Å². The molecule has 6 nitrogen and oxygen atoms in total. The number of nitrogens with one attached hydrogen (secondary N) is 1. The summed E-state index contributed by atoms with van der Waals surface area (Å²) < 4.78 is 50.0. The largest absolute Gasteiger partial charge is 0.497 e. The van der Waals surface area contributed by atoms with Crippen molar-refractivity contribution in [2.75, 3.05) is 27.3 Å². The number of carbonyl (C=O) groups excluding carboxylic acids is 1. The first kappa shape index (κ1) is 27.5. The molecule has 1 fully saturated rings. The van der Waals surface area contributed by atoms with Crippen LogP contribution in [0.25, 0.3) is 22.0 Å². The number of benzene rings is 3. The molecular weight excluding hydrogens is 519 g/mol. The van der Waals surface area contributed by atoms with Gasteiger partial charge in [0.05, 0.1) is 30.9 Å². The monoisotopic (exact) mass is 549 g/mol. The van der Waals surface area contributed by atoms with E-state index < -0.39 is 11.7 Å². The van der Waals surface area contributed by atoms with Gasteiger partial charge in [0.1, 0.15) is 11.5 Å². The van der Waals surface area contributed by atoms with Crippen LogP contribution in [0.4, 0.5) is 13.2 Å². The molecule has 40 heavy (non-hydrogen) atoms. The molecule has 208 valence electrons. The van der Waals surface area contributed by atoms with E-state index in [1.807, 2.05) is 35.2 Å². The quantitative estimate of drug-likeness (QED) is 0.284. The first-order chi connectivity index (χ1) is 19.2. The highest BCUT2D eigenvalue weighted by molar-refractivity contribution is 6.00. The summed E-state index contributed by atoms with van der Waals surface area (Å²) in [5, 5.41) is 4.01. The van der Waals surface area contributed by atoms with E-state index in [1.165, 1.54) is 12.1 Å². The lowest BCUT2D eigenvalue weighted by atomic mass is 9.93. The van der Waals surface area contributed by atoms with Crippen molar-refractivity contribution in [2.45, 2.75) is 25.7 Å². The van der Waals surface area contributed by atoms with Gasteiger partial charge in [-0.1, -0.05) is 30.3 Å². The molecule has 1 atom stereocenters. The van der Waals surface area contributed by atoms with Gasteiger partial charge in [-0.15, -0.1) is 0 Å². The predicted molar refractivity (Wildman–Crippen MR) is 147 cm³/mol. The number of methoxy groups -OCH3 is 2. The van der Waals surface area contributed by atoms with Gasteiger partial charge in [-0.3, -0.25) is 9.78 Å². The number of para-hydroxylation sites is 1. The number of halogens is 3.